The van der Waals surface area contributed by atoms with Crippen molar-refractivity contribution in [3.8, 4) is 5.75 Å². The molecule has 6 nitrogen and oxygen atoms in total. The van der Waals surface area contributed by atoms with Crippen LogP contribution in [-0.2, 0) is 29.0 Å². The minimum absolute atomic E-state index is 0.154. The second-order valence-electron chi connectivity index (χ2n) is 8.36. The highest BCUT2D eigenvalue weighted by atomic mass is 35.5. The van der Waals surface area contributed by atoms with Gasteiger partial charge < -0.3 is 13.9 Å². The second-order valence-corrected chi connectivity index (χ2v) is 8.77. The Bertz CT molecular complexity index is 1220. The summed E-state index contributed by atoms with van der Waals surface area (Å²) in [7, 11) is 0. The molecule has 0 saturated carbocycles. The number of rotatable bonds is 6. The minimum atomic E-state index is -0.395. The van der Waals surface area contributed by atoms with E-state index in [1.165, 1.54) is 6.07 Å². The van der Waals surface area contributed by atoms with E-state index in [4.69, 9.17) is 25.5 Å². The van der Waals surface area contributed by atoms with Crippen LogP contribution < -0.4 is 10.4 Å². The van der Waals surface area contributed by atoms with Crippen molar-refractivity contribution < 1.29 is 18.7 Å². The van der Waals surface area contributed by atoms with Gasteiger partial charge >= 0.3 is 11.6 Å². The molecule has 0 atom stereocenters. The number of hydrogen-bond donors (Lipinski definition) is 0. The first-order valence-corrected chi connectivity index (χ1v) is 11.1. The molecule has 0 N–H and O–H groups in total. The zero-order chi connectivity index (χ0) is 22.8. The van der Waals surface area contributed by atoms with E-state index in [1.807, 2.05) is 51.1 Å². The van der Waals surface area contributed by atoms with Gasteiger partial charge in [-0.1, -0.05) is 29.8 Å². The standard InChI is InChI=1S/C25H26ClNO5/c1-15(2)31-22(28)9-8-17-11-19-16(3)10-23(29)32-25(19)20-13-27(14-30-24(17)20)12-18-6-4-5-7-21(18)26/h4-7,10-11,15H,8-9,12-14H2,1-3H3. The average molecular weight is 456 g/mol. The molecule has 0 aliphatic carbocycles. The van der Waals surface area contributed by atoms with Crippen molar-refractivity contribution in [1.29, 1.82) is 0 Å². The topological polar surface area (TPSA) is 69.0 Å². The fourth-order valence-electron chi connectivity index (χ4n) is 4.02. The molecule has 4 rings (SSSR count). The Balaban J connectivity index is 1.69. The van der Waals surface area contributed by atoms with E-state index in [9.17, 15) is 9.59 Å². The zero-order valence-electron chi connectivity index (χ0n) is 18.4. The molecule has 2 aromatic carbocycles. The number of carbonyl (C=O) groups is 1. The molecule has 0 saturated heterocycles. The van der Waals surface area contributed by atoms with Gasteiger partial charge in [0.2, 0.25) is 0 Å². The summed E-state index contributed by atoms with van der Waals surface area (Å²) >= 11 is 6.34. The number of benzene rings is 2. The maximum atomic E-state index is 12.1. The van der Waals surface area contributed by atoms with Crippen LogP contribution in [0.4, 0.5) is 0 Å². The van der Waals surface area contributed by atoms with Crippen molar-refractivity contribution in [3.63, 3.8) is 0 Å². The van der Waals surface area contributed by atoms with E-state index in [0.717, 1.165) is 27.6 Å². The van der Waals surface area contributed by atoms with E-state index in [-0.39, 0.29) is 18.5 Å². The van der Waals surface area contributed by atoms with E-state index < -0.39 is 5.63 Å². The summed E-state index contributed by atoms with van der Waals surface area (Å²) in [6, 6.07) is 11.1. The van der Waals surface area contributed by atoms with Crippen LogP contribution in [0.1, 0.15) is 42.5 Å². The highest BCUT2D eigenvalue weighted by molar-refractivity contribution is 6.31. The number of nitrogens with zero attached hydrogens (tertiary/aromatic N) is 1. The largest absolute Gasteiger partial charge is 0.477 e. The van der Waals surface area contributed by atoms with Gasteiger partial charge in [0.05, 0.1) is 11.7 Å². The first-order chi connectivity index (χ1) is 15.3. The lowest BCUT2D eigenvalue weighted by Gasteiger charge is -2.31. The molecular weight excluding hydrogens is 430 g/mol. The van der Waals surface area contributed by atoms with Gasteiger partial charge in [-0.25, -0.2) is 4.79 Å². The van der Waals surface area contributed by atoms with Crippen LogP contribution in [0.25, 0.3) is 11.0 Å². The van der Waals surface area contributed by atoms with Gasteiger partial charge in [0, 0.05) is 36.0 Å². The van der Waals surface area contributed by atoms with Crippen molar-refractivity contribution in [2.24, 2.45) is 0 Å². The first kappa shape index (κ1) is 22.4. The van der Waals surface area contributed by atoms with Gasteiger partial charge in [0.1, 0.15) is 18.1 Å². The second kappa shape index (κ2) is 9.35. The summed E-state index contributed by atoms with van der Waals surface area (Å²) in [4.78, 5) is 26.3. The summed E-state index contributed by atoms with van der Waals surface area (Å²) in [5.41, 5.74) is 3.68. The van der Waals surface area contributed by atoms with Gasteiger partial charge in [0.15, 0.2) is 0 Å². The van der Waals surface area contributed by atoms with E-state index >= 15 is 0 Å². The summed E-state index contributed by atoms with van der Waals surface area (Å²) < 4.78 is 17.0. The number of esters is 1. The fraction of sp³-hybridized carbons (Fsp3) is 0.360. The summed E-state index contributed by atoms with van der Waals surface area (Å²) in [5, 5.41) is 1.54. The number of hydrogen-bond acceptors (Lipinski definition) is 6. The van der Waals surface area contributed by atoms with E-state index in [1.54, 1.807) is 0 Å². The van der Waals surface area contributed by atoms with Crippen molar-refractivity contribution in [2.45, 2.75) is 52.8 Å². The van der Waals surface area contributed by atoms with E-state index in [0.29, 0.717) is 42.6 Å². The van der Waals surface area contributed by atoms with Crippen molar-refractivity contribution in [2.75, 3.05) is 6.73 Å². The molecule has 2 heterocycles. The predicted octanol–water partition coefficient (Wildman–Crippen LogP) is 4.99. The third-order valence-corrected chi connectivity index (χ3v) is 5.82. The Morgan fingerprint density at radius 3 is 2.75 bits per heavy atom. The highest BCUT2D eigenvalue weighted by Gasteiger charge is 2.26. The quantitative estimate of drug-likeness (QED) is 0.385. The van der Waals surface area contributed by atoms with Crippen LogP contribution in [0.3, 0.4) is 0 Å². The van der Waals surface area contributed by atoms with E-state index in [2.05, 4.69) is 4.90 Å². The lowest BCUT2D eigenvalue weighted by Crippen LogP contribution is -2.32. The molecule has 0 fully saturated rings. The van der Waals surface area contributed by atoms with Gasteiger partial charge in [-0.3, -0.25) is 9.69 Å². The minimum Gasteiger partial charge on any atom is -0.477 e. The molecule has 168 valence electrons. The molecule has 0 unspecified atom stereocenters. The molecule has 0 radical (unpaired) electrons. The molecule has 1 aliphatic heterocycles. The number of carbonyl (C=O) groups excluding carboxylic acids is 1. The zero-order valence-corrected chi connectivity index (χ0v) is 19.2. The average Bonchev–Trinajstić information content (AvgIpc) is 2.73. The molecular formula is C25H26ClNO5. The highest BCUT2D eigenvalue weighted by Crippen LogP contribution is 2.37. The number of halogens is 1. The molecule has 3 aromatic rings. The fourth-order valence-corrected chi connectivity index (χ4v) is 4.22. The summed E-state index contributed by atoms with van der Waals surface area (Å²) in [6.07, 6.45) is 0.574. The van der Waals surface area contributed by atoms with Crippen LogP contribution in [0, 0.1) is 6.92 Å². The SMILES string of the molecule is Cc1cc(=O)oc2c3c(c(CCC(=O)OC(C)C)cc12)OCN(Cc1ccccc1Cl)C3. The Kier molecular flexibility index (Phi) is 6.53. The lowest BCUT2D eigenvalue weighted by molar-refractivity contribution is -0.147. The first-order valence-electron chi connectivity index (χ1n) is 10.7. The third kappa shape index (κ3) is 4.81. The van der Waals surface area contributed by atoms with Crippen LogP contribution in [0.15, 0.2) is 45.6 Å². The molecule has 0 amide bonds. The summed E-state index contributed by atoms with van der Waals surface area (Å²) in [6.45, 7) is 7.04. The Morgan fingerprint density at radius 2 is 2.00 bits per heavy atom. The molecule has 0 spiro atoms. The molecule has 1 aliphatic rings. The molecule has 0 bridgehead atoms. The van der Waals surface area contributed by atoms with Crippen molar-refractivity contribution in [3.05, 3.63) is 74.1 Å². The maximum absolute atomic E-state index is 12.1. The number of aryl methyl sites for hydroxylation is 2. The van der Waals surface area contributed by atoms with Crippen molar-refractivity contribution >= 4 is 28.5 Å². The van der Waals surface area contributed by atoms with Gasteiger partial charge in [-0.2, -0.15) is 0 Å². The summed E-state index contributed by atoms with van der Waals surface area (Å²) in [5.74, 6) is 0.431. The van der Waals surface area contributed by atoms with Gasteiger partial charge in [-0.15, -0.1) is 0 Å². The van der Waals surface area contributed by atoms with Gasteiger partial charge in [0.25, 0.3) is 0 Å². The maximum Gasteiger partial charge on any atom is 0.336 e. The molecule has 1 aromatic heterocycles. The third-order valence-electron chi connectivity index (χ3n) is 5.46. The monoisotopic (exact) mass is 455 g/mol. The normalized spacial score (nSPS) is 13.8. The van der Waals surface area contributed by atoms with Crippen LogP contribution >= 0.6 is 11.6 Å². The predicted molar refractivity (Wildman–Crippen MR) is 123 cm³/mol. The van der Waals surface area contributed by atoms with Crippen LogP contribution in [-0.4, -0.2) is 23.7 Å². The lowest BCUT2D eigenvalue weighted by atomic mass is 9.97. The molecule has 32 heavy (non-hydrogen) atoms. The number of ether oxygens (including phenoxy) is 2. The van der Waals surface area contributed by atoms with Crippen LogP contribution in [0.5, 0.6) is 5.75 Å². The Hall–Kier alpha value is -2.83. The number of fused-ring (bicyclic) bond motifs is 3. The van der Waals surface area contributed by atoms with Crippen LogP contribution in [0.2, 0.25) is 5.02 Å². The van der Waals surface area contributed by atoms with Crippen molar-refractivity contribution in [1.82, 2.24) is 4.90 Å². The smallest absolute Gasteiger partial charge is 0.336 e. The Morgan fingerprint density at radius 1 is 1.22 bits per heavy atom. The molecule has 7 heteroatoms. The van der Waals surface area contributed by atoms with Gasteiger partial charge in [-0.05, 0) is 56.0 Å². The Labute approximate surface area is 191 Å².